The van der Waals surface area contributed by atoms with E-state index in [1.165, 1.54) is 37.1 Å². The Labute approximate surface area is 188 Å². The number of nitrogens with one attached hydrogen (secondary N) is 1. The summed E-state index contributed by atoms with van der Waals surface area (Å²) >= 11 is 0. The normalized spacial score (nSPS) is 30.8. The van der Waals surface area contributed by atoms with Gasteiger partial charge in [-0.2, -0.15) is 0 Å². The molecule has 32 heavy (non-hydrogen) atoms. The molecule has 3 N–H and O–H groups in total. The van der Waals surface area contributed by atoms with Crippen molar-refractivity contribution >= 4 is 5.91 Å². The number of methoxy groups -OCH3 is 1. The van der Waals surface area contributed by atoms with Gasteiger partial charge in [-0.15, -0.1) is 0 Å². The minimum Gasteiger partial charge on any atom is -0.497 e. The number of likely N-dealkylation sites (tertiary alicyclic amines) is 1. The maximum absolute atomic E-state index is 12.6. The molecule has 1 saturated heterocycles. The van der Waals surface area contributed by atoms with Crippen LogP contribution in [-0.2, 0) is 18.3 Å². The van der Waals surface area contributed by atoms with Gasteiger partial charge < -0.3 is 15.5 Å². The summed E-state index contributed by atoms with van der Waals surface area (Å²) in [5.41, 5.74) is 9.85. The largest absolute Gasteiger partial charge is 0.497 e. The number of nitrogens with zero attached hydrogens (tertiary/aromatic N) is 1. The Bertz CT molecular complexity index is 1170. The van der Waals surface area contributed by atoms with Gasteiger partial charge in [0.1, 0.15) is 11.3 Å². The van der Waals surface area contributed by atoms with E-state index in [4.69, 9.17) is 10.5 Å². The molecule has 1 aromatic carbocycles. The number of aromatic nitrogens is 1. The first-order chi connectivity index (χ1) is 15.4. The summed E-state index contributed by atoms with van der Waals surface area (Å²) < 4.78 is 5.61. The van der Waals surface area contributed by atoms with Crippen LogP contribution in [0, 0.1) is 24.7 Å². The van der Waals surface area contributed by atoms with Crippen LogP contribution in [0.2, 0.25) is 0 Å². The number of primary amides is 1. The van der Waals surface area contributed by atoms with E-state index in [1.54, 1.807) is 13.2 Å². The van der Waals surface area contributed by atoms with Crippen LogP contribution in [0.15, 0.2) is 29.1 Å². The Morgan fingerprint density at radius 1 is 1.31 bits per heavy atom. The number of benzene rings is 1. The van der Waals surface area contributed by atoms with Crippen LogP contribution in [-0.4, -0.2) is 42.0 Å². The van der Waals surface area contributed by atoms with Gasteiger partial charge in [0, 0.05) is 30.2 Å². The molecule has 2 aromatic rings. The number of fused-ring (bicyclic) bond motifs is 4. The lowest BCUT2D eigenvalue weighted by Gasteiger charge is -2.49. The van der Waals surface area contributed by atoms with Gasteiger partial charge in [-0.25, -0.2) is 0 Å². The molecule has 0 radical (unpaired) electrons. The second-order valence-electron chi connectivity index (χ2n) is 10.6. The molecule has 1 aromatic heterocycles. The van der Waals surface area contributed by atoms with Crippen molar-refractivity contribution in [2.45, 2.75) is 50.5 Å². The van der Waals surface area contributed by atoms with Crippen molar-refractivity contribution in [3.05, 3.63) is 62.6 Å². The van der Waals surface area contributed by atoms with Crippen LogP contribution in [0.3, 0.4) is 0 Å². The highest BCUT2D eigenvalue weighted by Crippen LogP contribution is 2.60. The lowest BCUT2D eigenvalue weighted by atomic mass is 9.62. The molecule has 4 atom stereocenters. The van der Waals surface area contributed by atoms with Crippen LogP contribution in [0.4, 0.5) is 0 Å². The van der Waals surface area contributed by atoms with Gasteiger partial charge in [0.25, 0.3) is 11.5 Å². The lowest BCUT2D eigenvalue weighted by Crippen LogP contribution is -2.58. The molecular formula is C26H31N3O3. The number of nitrogens with two attached hydrogens (primary N) is 1. The van der Waals surface area contributed by atoms with Crippen LogP contribution in [0.1, 0.15) is 52.0 Å². The summed E-state index contributed by atoms with van der Waals surface area (Å²) in [6.07, 6.45) is 5.52. The molecule has 6 heteroatoms. The molecule has 6 nitrogen and oxygen atoms in total. The van der Waals surface area contributed by atoms with Gasteiger partial charge in [0.15, 0.2) is 0 Å². The molecular weight excluding hydrogens is 402 g/mol. The molecule has 0 spiro atoms. The minimum atomic E-state index is -0.655. The number of carbonyl (C=O) groups is 1. The molecule has 2 saturated carbocycles. The number of rotatable bonds is 5. The molecule has 1 aliphatic heterocycles. The fraction of sp³-hybridized carbons (Fsp3) is 0.538. The van der Waals surface area contributed by atoms with Gasteiger partial charge in [0.2, 0.25) is 0 Å². The quantitative estimate of drug-likeness (QED) is 0.759. The van der Waals surface area contributed by atoms with Crippen molar-refractivity contribution in [1.82, 2.24) is 9.88 Å². The van der Waals surface area contributed by atoms with Crippen molar-refractivity contribution in [2.24, 2.45) is 23.5 Å². The number of hydrogen-bond acceptors (Lipinski definition) is 4. The number of aryl methyl sites for hydroxylation is 1. The first kappa shape index (κ1) is 20.0. The molecule has 168 valence electrons. The number of hydrogen-bond donors (Lipinski definition) is 2. The third kappa shape index (κ3) is 2.88. The average Bonchev–Trinajstić information content (AvgIpc) is 3.53. The minimum absolute atomic E-state index is 0.0313. The predicted molar refractivity (Wildman–Crippen MR) is 122 cm³/mol. The summed E-state index contributed by atoms with van der Waals surface area (Å²) in [5.74, 6) is 2.23. The van der Waals surface area contributed by atoms with Crippen molar-refractivity contribution in [1.29, 1.82) is 0 Å². The number of H-pyrrole nitrogens is 1. The van der Waals surface area contributed by atoms with Crippen LogP contribution in [0.5, 0.6) is 5.75 Å². The van der Waals surface area contributed by atoms with E-state index in [0.29, 0.717) is 17.9 Å². The van der Waals surface area contributed by atoms with E-state index in [9.17, 15) is 9.59 Å². The van der Waals surface area contributed by atoms with E-state index >= 15 is 0 Å². The first-order valence-electron chi connectivity index (χ1n) is 11.8. The number of pyridine rings is 1. The Morgan fingerprint density at radius 3 is 2.84 bits per heavy atom. The maximum atomic E-state index is 12.6. The lowest BCUT2D eigenvalue weighted by molar-refractivity contribution is 0.00553. The Kier molecular flexibility index (Phi) is 4.35. The average molecular weight is 434 g/mol. The molecule has 1 amide bonds. The van der Waals surface area contributed by atoms with Gasteiger partial charge in [-0.05, 0) is 91.7 Å². The highest BCUT2D eigenvalue weighted by atomic mass is 16.5. The summed E-state index contributed by atoms with van der Waals surface area (Å²) in [6.45, 7) is 4.59. The first-order valence-corrected chi connectivity index (χ1v) is 11.8. The fourth-order valence-electron chi connectivity index (χ4n) is 7.11. The zero-order valence-electron chi connectivity index (χ0n) is 18.8. The van der Waals surface area contributed by atoms with Gasteiger partial charge in [0.05, 0.1) is 7.11 Å². The van der Waals surface area contributed by atoms with Crippen LogP contribution in [0.25, 0.3) is 0 Å². The van der Waals surface area contributed by atoms with Crippen molar-refractivity contribution < 1.29 is 9.53 Å². The predicted octanol–water partition coefficient (Wildman–Crippen LogP) is 2.56. The standard InChI is InChI=1S/C26H31N3O3/c1-14-3-6-18(32-2)9-20(14)26-10-17-13-29(12-15-4-5-15)23(17)21(26)8-16-7-19(24(27)30)25(31)28-22(16)11-26/h3,6-7,9,15,17,21,23H,4-5,8,10-13H2,1-2H3,(H2,27,30)(H,28,31)/t17?,21-,23+,26+/m0/s1. The second kappa shape index (κ2) is 6.95. The number of aromatic amines is 1. The topological polar surface area (TPSA) is 88.4 Å². The fourth-order valence-corrected chi connectivity index (χ4v) is 7.11. The van der Waals surface area contributed by atoms with Gasteiger partial charge in [-0.1, -0.05) is 6.07 Å². The molecule has 3 aliphatic carbocycles. The Hall–Kier alpha value is -2.60. The summed E-state index contributed by atoms with van der Waals surface area (Å²) in [4.78, 5) is 30.1. The number of ether oxygens (including phenoxy) is 1. The molecule has 4 aliphatic rings. The van der Waals surface area contributed by atoms with Gasteiger partial charge in [-0.3, -0.25) is 14.5 Å². The van der Waals surface area contributed by atoms with E-state index in [0.717, 1.165) is 42.2 Å². The van der Waals surface area contributed by atoms with E-state index in [1.807, 2.05) is 6.07 Å². The molecule has 1 unspecified atom stereocenters. The smallest absolute Gasteiger partial charge is 0.261 e. The molecule has 2 heterocycles. The zero-order valence-corrected chi connectivity index (χ0v) is 18.8. The third-order valence-electron chi connectivity index (χ3n) is 8.71. The van der Waals surface area contributed by atoms with E-state index in [-0.39, 0.29) is 16.5 Å². The Balaban J connectivity index is 1.48. The summed E-state index contributed by atoms with van der Waals surface area (Å²) in [5, 5.41) is 0. The van der Waals surface area contributed by atoms with Gasteiger partial charge >= 0.3 is 0 Å². The zero-order chi connectivity index (χ0) is 22.2. The van der Waals surface area contributed by atoms with Crippen molar-refractivity contribution in [2.75, 3.05) is 20.2 Å². The van der Waals surface area contributed by atoms with Crippen molar-refractivity contribution in [3.63, 3.8) is 0 Å². The molecule has 3 fully saturated rings. The molecule has 6 rings (SSSR count). The summed E-state index contributed by atoms with van der Waals surface area (Å²) in [7, 11) is 1.72. The Morgan fingerprint density at radius 2 is 2.12 bits per heavy atom. The molecule has 0 bridgehead atoms. The highest BCUT2D eigenvalue weighted by molar-refractivity contribution is 5.92. The van der Waals surface area contributed by atoms with E-state index in [2.05, 4.69) is 28.9 Å². The monoisotopic (exact) mass is 433 g/mol. The third-order valence-corrected chi connectivity index (χ3v) is 8.71. The van der Waals surface area contributed by atoms with Crippen molar-refractivity contribution in [3.8, 4) is 5.75 Å². The number of carbonyl (C=O) groups excluding carboxylic acids is 1. The number of amides is 1. The van der Waals surface area contributed by atoms with Crippen LogP contribution >= 0.6 is 0 Å². The summed E-state index contributed by atoms with van der Waals surface area (Å²) in [6, 6.07) is 8.75. The second-order valence-corrected chi connectivity index (χ2v) is 10.6. The van der Waals surface area contributed by atoms with E-state index < -0.39 is 5.91 Å². The highest BCUT2D eigenvalue weighted by Gasteiger charge is 2.62. The van der Waals surface area contributed by atoms with Crippen LogP contribution < -0.4 is 16.0 Å². The maximum Gasteiger partial charge on any atom is 0.261 e. The SMILES string of the molecule is COc1ccc(C)c([C@@]23Cc4[nH]c(=O)c(C(N)=O)cc4C[C@H]2[C@H]2C(CN2CC2CC2)C3)c1.